The van der Waals surface area contributed by atoms with Gasteiger partial charge in [-0.1, -0.05) is 67.0 Å². The van der Waals surface area contributed by atoms with E-state index in [0.717, 1.165) is 50.6 Å². The summed E-state index contributed by atoms with van der Waals surface area (Å²) in [5.41, 5.74) is 0.940. The van der Waals surface area contributed by atoms with Crippen molar-refractivity contribution < 1.29 is 14.3 Å². The van der Waals surface area contributed by atoms with Crippen LogP contribution in [0.5, 0.6) is 0 Å². The summed E-state index contributed by atoms with van der Waals surface area (Å²) >= 11 is 0. The second-order valence-corrected chi connectivity index (χ2v) is 15.4. The van der Waals surface area contributed by atoms with Gasteiger partial charge < -0.3 is 4.74 Å². The summed E-state index contributed by atoms with van der Waals surface area (Å²) in [7, 11) is 1.51. The lowest BCUT2D eigenvalue weighted by Crippen LogP contribution is -2.65. The van der Waals surface area contributed by atoms with E-state index in [0.29, 0.717) is 5.92 Å². The molecule has 37 heavy (non-hydrogen) atoms. The molecule has 3 saturated carbocycles. The molecule has 3 fully saturated rings. The van der Waals surface area contributed by atoms with Crippen LogP contribution in [0.4, 0.5) is 0 Å². The monoisotopic (exact) mass is 505 g/mol. The highest BCUT2D eigenvalue weighted by atomic mass is 16.5. The molecule has 0 radical (unpaired) electrons. The van der Waals surface area contributed by atoms with Crippen molar-refractivity contribution in [3.63, 3.8) is 0 Å². The fraction of sp³-hybridized carbons (Fsp3) is 0.788. The number of fused-ring (bicyclic) bond motifs is 7. The first-order valence-corrected chi connectivity index (χ1v) is 14.5. The quantitative estimate of drug-likeness (QED) is 0.270. The fourth-order valence-corrected chi connectivity index (χ4v) is 10.5. The minimum atomic E-state index is -0.549. The van der Waals surface area contributed by atoms with Crippen molar-refractivity contribution in [3.05, 3.63) is 34.8 Å². The average Bonchev–Trinajstić information content (AvgIpc) is 2.82. The minimum absolute atomic E-state index is 0.00673. The normalized spacial score (nSPS) is 47.6. The van der Waals surface area contributed by atoms with Gasteiger partial charge in [0.05, 0.1) is 19.1 Å². The maximum absolute atomic E-state index is 14.4. The van der Waals surface area contributed by atoms with E-state index in [1.165, 1.54) is 12.7 Å². The average molecular weight is 506 g/mol. The van der Waals surface area contributed by atoms with Gasteiger partial charge in [-0.25, -0.2) is 4.85 Å². The number of ether oxygens (including phenoxy) is 1. The molecule has 4 nitrogen and oxygen atoms in total. The molecule has 0 heterocycles. The fourth-order valence-electron chi connectivity index (χ4n) is 10.5. The molecule has 0 aromatic heterocycles. The molecule has 8 atom stereocenters. The largest absolute Gasteiger partial charge is 0.469 e. The van der Waals surface area contributed by atoms with Crippen molar-refractivity contribution in [1.29, 1.82) is 0 Å². The summed E-state index contributed by atoms with van der Waals surface area (Å²) in [4.78, 5) is 31.8. The maximum atomic E-state index is 14.4. The van der Waals surface area contributed by atoms with Crippen LogP contribution in [0, 0.1) is 62.7 Å². The van der Waals surface area contributed by atoms with E-state index in [9.17, 15) is 9.59 Å². The number of ketones is 1. The molecular formula is C33H47NO3. The first-order valence-electron chi connectivity index (χ1n) is 14.5. The highest BCUT2D eigenvalue weighted by Crippen LogP contribution is 2.75. The minimum Gasteiger partial charge on any atom is -0.469 e. The Morgan fingerprint density at radius 1 is 1.03 bits per heavy atom. The molecule has 0 amide bonds. The number of rotatable bonds is 1. The Hall–Kier alpha value is -1.89. The predicted octanol–water partition coefficient (Wildman–Crippen LogP) is 7.80. The lowest BCUT2D eigenvalue weighted by molar-refractivity contribution is -0.191. The summed E-state index contributed by atoms with van der Waals surface area (Å²) in [5.74, 6) is 0.531. The van der Waals surface area contributed by atoms with Gasteiger partial charge in [0.25, 0.3) is 0 Å². The van der Waals surface area contributed by atoms with Gasteiger partial charge in [0.15, 0.2) is 11.5 Å². The smallest absolute Gasteiger partial charge is 0.312 e. The van der Waals surface area contributed by atoms with Crippen LogP contribution >= 0.6 is 0 Å². The molecule has 4 heteroatoms. The van der Waals surface area contributed by atoms with Gasteiger partial charge >= 0.3 is 5.97 Å². The number of hydrogen-bond acceptors (Lipinski definition) is 3. The second-order valence-electron chi connectivity index (χ2n) is 15.4. The van der Waals surface area contributed by atoms with E-state index in [-0.39, 0.29) is 56.6 Å². The molecule has 5 rings (SSSR count). The Morgan fingerprint density at radius 2 is 1.68 bits per heavy atom. The van der Waals surface area contributed by atoms with Gasteiger partial charge in [0, 0.05) is 11.3 Å². The van der Waals surface area contributed by atoms with E-state index in [1.54, 1.807) is 0 Å². The van der Waals surface area contributed by atoms with Crippen LogP contribution in [0.2, 0.25) is 0 Å². The van der Waals surface area contributed by atoms with E-state index in [1.807, 2.05) is 6.08 Å². The molecule has 0 N–H and O–H groups in total. The van der Waals surface area contributed by atoms with Crippen LogP contribution in [0.3, 0.4) is 0 Å². The standard InChI is InChI=1S/C33H47NO3/c1-20-22(34-9)19-30(6)24(29(20,4)5)11-12-31(7)25(30)17-23(35)26-21-18-28(2,3)13-15-33(21,27(36)37-10)16-14-32(26,31)8/h17,19-21,24,26H,11-16,18H2,1-8,10H3/t20-,21-,24-,26-,30-,31+,32+,33-/m0/s1. The van der Waals surface area contributed by atoms with Crippen LogP contribution < -0.4 is 0 Å². The summed E-state index contributed by atoms with van der Waals surface area (Å²) < 4.78 is 5.44. The number of methoxy groups -OCH3 is 1. The van der Waals surface area contributed by atoms with Crippen LogP contribution in [0.1, 0.15) is 100 Å². The van der Waals surface area contributed by atoms with Gasteiger partial charge in [-0.15, -0.1) is 0 Å². The molecule has 202 valence electrons. The lowest BCUT2D eigenvalue weighted by Gasteiger charge is -2.69. The highest BCUT2D eigenvalue weighted by molar-refractivity contribution is 5.96. The number of nitrogens with zero attached hydrogens (tertiary/aromatic N) is 1. The molecule has 0 aromatic rings. The Balaban J connectivity index is 1.70. The van der Waals surface area contributed by atoms with Crippen LogP contribution in [0.25, 0.3) is 4.85 Å². The van der Waals surface area contributed by atoms with Crippen molar-refractivity contribution in [1.82, 2.24) is 0 Å². The Kier molecular flexibility index (Phi) is 5.65. The second kappa shape index (κ2) is 7.83. The van der Waals surface area contributed by atoms with E-state index < -0.39 is 5.41 Å². The number of carbonyl (C=O) groups is 2. The van der Waals surface area contributed by atoms with Crippen LogP contribution in [0.15, 0.2) is 23.4 Å². The highest BCUT2D eigenvalue weighted by Gasteiger charge is 2.70. The Morgan fingerprint density at radius 3 is 2.30 bits per heavy atom. The molecular weight excluding hydrogens is 458 g/mol. The molecule has 0 aliphatic heterocycles. The van der Waals surface area contributed by atoms with E-state index in [4.69, 9.17) is 11.3 Å². The van der Waals surface area contributed by atoms with Gasteiger partial charge in [-0.3, -0.25) is 9.59 Å². The van der Waals surface area contributed by atoms with Crippen molar-refractivity contribution in [3.8, 4) is 0 Å². The summed E-state index contributed by atoms with van der Waals surface area (Å²) in [6.45, 7) is 26.5. The van der Waals surface area contributed by atoms with E-state index >= 15 is 0 Å². The first kappa shape index (κ1) is 26.7. The zero-order chi connectivity index (χ0) is 27.4. The van der Waals surface area contributed by atoms with Crippen molar-refractivity contribution in [2.24, 2.45) is 56.2 Å². The first-order chi connectivity index (χ1) is 17.0. The van der Waals surface area contributed by atoms with Crippen LogP contribution in [-0.4, -0.2) is 18.9 Å². The zero-order valence-electron chi connectivity index (χ0n) is 24.6. The molecule has 0 saturated heterocycles. The van der Waals surface area contributed by atoms with Crippen molar-refractivity contribution in [2.45, 2.75) is 100 Å². The third kappa shape index (κ3) is 3.18. The molecule has 5 aliphatic rings. The SMILES string of the molecule is [C-]#[N+]C1=C[C@]2(C)C3=CC(=O)[C@@H]4[C@@H]5CC(C)(C)CC[C@]5(C(=O)OC)CC[C@@]4(C)[C@]3(C)CC[C@H]2C(C)(C)[C@H]1C. The summed E-state index contributed by atoms with van der Waals surface area (Å²) in [5, 5.41) is 0. The molecule has 0 unspecified atom stereocenters. The Labute approximate surface area is 224 Å². The number of carbonyl (C=O) groups excluding carboxylic acids is 2. The summed E-state index contributed by atoms with van der Waals surface area (Å²) in [6.07, 6.45) is 10.8. The molecule has 0 spiro atoms. The topological polar surface area (TPSA) is 47.7 Å². The Bertz CT molecular complexity index is 1150. The lowest BCUT2D eigenvalue weighted by atomic mass is 9.34. The third-order valence-corrected chi connectivity index (χ3v) is 13.2. The van der Waals surface area contributed by atoms with Crippen molar-refractivity contribution >= 4 is 11.8 Å². The maximum Gasteiger partial charge on any atom is 0.312 e. The summed E-state index contributed by atoms with van der Waals surface area (Å²) in [6, 6.07) is 0. The van der Waals surface area contributed by atoms with Gasteiger partial charge in [0.2, 0.25) is 0 Å². The van der Waals surface area contributed by atoms with Gasteiger partial charge in [0.1, 0.15) is 0 Å². The van der Waals surface area contributed by atoms with Crippen LogP contribution in [-0.2, 0) is 14.3 Å². The van der Waals surface area contributed by atoms with Crippen molar-refractivity contribution in [2.75, 3.05) is 7.11 Å². The number of hydrogen-bond donors (Lipinski definition) is 0. The molecule has 0 aromatic carbocycles. The van der Waals surface area contributed by atoms with E-state index in [2.05, 4.69) is 66.3 Å². The van der Waals surface area contributed by atoms with Gasteiger partial charge in [-0.2, -0.15) is 0 Å². The number of allylic oxidation sites excluding steroid dienone is 4. The third-order valence-electron chi connectivity index (χ3n) is 13.2. The molecule has 0 bridgehead atoms. The number of esters is 1. The molecule has 5 aliphatic carbocycles. The van der Waals surface area contributed by atoms with Gasteiger partial charge in [-0.05, 0) is 90.4 Å². The predicted molar refractivity (Wildman–Crippen MR) is 146 cm³/mol. The zero-order valence-corrected chi connectivity index (χ0v) is 24.6.